The van der Waals surface area contributed by atoms with Crippen LogP contribution in [0.1, 0.15) is 0 Å². The normalized spacial score (nSPS) is 12.1. The minimum atomic E-state index is 0.817. The van der Waals surface area contributed by atoms with E-state index in [1.54, 1.807) is 0 Å². The predicted molar refractivity (Wildman–Crippen MR) is 262 cm³/mol. The third kappa shape index (κ3) is 5.33. The summed E-state index contributed by atoms with van der Waals surface area (Å²) >= 11 is 0. The fourth-order valence-corrected chi connectivity index (χ4v) is 9.80. The van der Waals surface area contributed by atoms with E-state index in [1.807, 2.05) is 48.5 Å². The first kappa shape index (κ1) is 34.9. The summed E-state index contributed by atoms with van der Waals surface area (Å²) in [7, 11) is 0. The van der Waals surface area contributed by atoms with Crippen LogP contribution in [0, 0.1) is 0 Å². The van der Waals surface area contributed by atoms with Gasteiger partial charge in [-0.2, -0.15) is 0 Å². The van der Waals surface area contributed by atoms with Crippen molar-refractivity contribution in [3.63, 3.8) is 0 Å². The smallest absolute Gasteiger partial charge is 0.137 e. The summed E-state index contributed by atoms with van der Waals surface area (Å²) in [5.74, 6) is 0. The van der Waals surface area contributed by atoms with Gasteiger partial charge >= 0.3 is 0 Å². The SMILES string of the molecule is c1ccc(N(c2ccc3c(c2)oc2ccccc23)c2ccc3c(c2)oc2cc4cc5oc6cc(N(c7ccccc7)c7ccc8c(c7)oc7ccccc78)ccc6c5cc4cc23)cc1. The zero-order chi connectivity index (χ0) is 41.9. The summed E-state index contributed by atoms with van der Waals surface area (Å²) in [5, 5.41) is 10.8. The van der Waals surface area contributed by atoms with E-state index in [1.165, 1.54) is 0 Å². The van der Waals surface area contributed by atoms with Crippen molar-refractivity contribution in [2.24, 2.45) is 0 Å². The number of rotatable bonds is 6. The molecule has 64 heavy (non-hydrogen) atoms. The van der Waals surface area contributed by atoms with Gasteiger partial charge in [-0.25, -0.2) is 0 Å². The van der Waals surface area contributed by atoms with Gasteiger partial charge in [0.25, 0.3) is 0 Å². The van der Waals surface area contributed by atoms with Gasteiger partial charge in [0.05, 0.1) is 0 Å². The molecule has 0 aliphatic rings. The highest BCUT2D eigenvalue weighted by atomic mass is 16.3. The van der Waals surface area contributed by atoms with E-state index in [0.717, 1.165) is 133 Å². The van der Waals surface area contributed by atoms with E-state index in [2.05, 4.69) is 168 Å². The molecule has 0 spiro atoms. The lowest BCUT2D eigenvalue weighted by molar-refractivity contribution is 0.668. The maximum absolute atomic E-state index is 6.69. The van der Waals surface area contributed by atoms with Crippen LogP contribution in [-0.2, 0) is 0 Å². The summed E-state index contributed by atoms with van der Waals surface area (Å²) in [6.45, 7) is 0. The van der Waals surface area contributed by atoms with Gasteiger partial charge in [-0.3, -0.25) is 0 Å². The molecule has 0 saturated heterocycles. The number of furan rings is 4. The van der Waals surface area contributed by atoms with E-state index in [9.17, 15) is 0 Å². The van der Waals surface area contributed by atoms with E-state index in [4.69, 9.17) is 17.7 Å². The molecule has 4 heterocycles. The largest absolute Gasteiger partial charge is 0.456 e. The molecule has 6 nitrogen and oxygen atoms in total. The molecule has 0 amide bonds. The molecule has 300 valence electrons. The molecule has 10 aromatic carbocycles. The first-order valence-corrected chi connectivity index (χ1v) is 21.5. The lowest BCUT2D eigenvalue weighted by atomic mass is 10.0. The van der Waals surface area contributed by atoms with Crippen molar-refractivity contribution in [3.05, 3.63) is 206 Å². The number of para-hydroxylation sites is 4. The Kier molecular flexibility index (Phi) is 7.30. The standard InChI is InChI=1S/C58H34N2O4/c1-3-11-37(12-4-1)59(39-19-23-45-43-15-7-9-17-51(43)61-55(45)31-39)41-21-25-47-49-27-35-28-50-48-26-22-42(34-58(48)64-54(50)30-36(35)29-53(49)63-57(47)33-41)60(38-13-5-2-6-14-38)40-20-24-46-44-16-8-10-18-52(44)62-56(46)32-40/h1-34H. The third-order valence-electron chi connectivity index (χ3n) is 12.8. The summed E-state index contributed by atoms with van der Waals surface area (Å²) in [5.41, 5.74) is 12.8. The number of anilines is 6. The molecule has 14 aromatic rings. The molecule has 0 atom stereocenters. The van der Waals surface area contributed by atoms with Crippen molar-refractivity contribution in [3.8, 4) is 0 Å². The zero-order valence-electron chi connectivity index (χ0n) is 34.2. The Morgan fingerprint density at radius 2 is 0.500 bits per heavy atom. The molecule has 14 rings (SSSR count). The Morgan fingerprint density at radius 1 is 0.203 bits per heavy atom. The van der Waals surface area contributed by atoms with E-state index < -0.39 is 0 Å². The molecule has 0 unspecified atom stereocenters. The molecular formula is C58H34N2O4. The van der Waals surface area contributed by atoms with Crippen LogP contribution >= 0.6 is 0 Å². The highest BCUT2D eigenvalue weighted by Crippen LogP contribution is 2.44. The van der Waals surface area contributed by atoms with Crippen molar-refractivity contribution in [1.29, 1.82) is 0 Å². The molecule has 6 heteroatoms. The van der Waals surface area contributed by atoms with Gasteiger partial charge in [-0.05, 0) is 120 Å². The van der Waals surface area contributed by atoms with Crippen molar-refractivity contribution < 1.29 is 17.7 Å². The Hall–Kier alpha value is -8.74. The van der Waals surface area contributed by atoms with Gasteiger partial charge in [0, 0.05) is 101 Å². The van der Waals surface area contributed by atoms with Crippen molar-refractivity contribution >= 4 is 133 Å². The molecule has 0 aliphatic carbocycles. The summed E-state index contributed by atoms with van der Waals surface area (Å²) in [6.07, 6.45) is 0. The van der Waals surface area contributed by atoms with Crippen LogP contribution in [-0.4, -0.2) is 0 Å². The van der Waals surface area contributed by atoms with Crippen LogP contribution in [0.3, 0.4) is 0 Å². The van der Waals surface area contributed by atoms with Crippen LogP contribution in [0.25, 0.3) is 98.5 Å². The fraction of sp³-hybridized carbons (Fsp3) is 0. The number of hydrogen-bond acceptors (Lipinski definition) is 6. The van der Waals surface area contributed by atoms with Crippen molar-refractivity contribution in [1.82, 2.24) is 0 Å². The molecule has 0 N–H and O–H groups in total. The van der Waals surface area contributed by atoms with Crippen LogP contribution in [0.5, 0.6) is 0 Å². The van der Waals surface area contributed by atoms with Crippen LogP contribution in [0.4, 0.5) is 34.1 Å². The number of hydrogen-bond donors (Lipinski definition) is 0. The van der Waals surface area contributed by atoms with Crippen LogP contribution < -0.4 is 9.80 Å². The first-order valence-electron chi connectivity index (χ1n) is 21.5. The van der Waals surface area contributed by atoms with E-state index in [0.29, 0.717) is 0 Å². The van der Waals surface area contributed by atoms with Gasteiger partial charge in [0.15, 0.2) is 0 Å². The molecule has 0 saturated carbocycles. The maximum Gasteiger partial charge on any atom is 0.137 e. The Balaban J connectivity index is 0.858. The van der Waals surface area contributed by atoms with Crippen LogP contribution in [0.2, 0.25) is 0 Å². The monoisotopic (exact) mass is 822 g/mol. The molecule has 0 bridgehead atoms. The average Bonchev–Trinajstić information content (AvgIpc) is 4.10. The summed E-state index contributed by atoms with van der Waals surface area (Å²) in [4.78, 5) is 4.50. The summed E-state index contributed by atoms with van der Waals surface area (Å²) in [6, 6.07) is 71.8. The predicted octanol–water partition coefficient (Wildman–Crippen LogP) is 17.4. The Bertz CT molecular complexity index is 3890. The van der Waals surface area contributed by atoms with Crippen LogP contribution in [0.15, 0.2) is 224 Å². The van der Waals surface area contributed by atoms with Gasteiger partial charge in [-0.1, -0.05) is 72.8 Å². The number of benzene rings is 10. The fourth-order valence-electron chi connectivity index (χ4n) is 9.80. The molecule has 4 aromatic heterocycles. The minimum Gasteiger partial charge on any atom is -0.456 e. The van der Waals surface area contributed by atoms with E-state index in [-0.39, 0.29) is 0 Å². The topological polar surface area (TPSA) is 59.0 Å². The molecule has 0 radical (unpaired) electrons. The van der Waals surface area contributed by atoms with E-state index >= 15 is 0 Å². The first-order chi connectivity index (χ1) is 31.7. The molecule has 0 aliphatic heterocycles. The average molecular weight is 823 g/mol. The maximum atomic E-state index is 6.69. The van der Waals surface area contributed by atoms with Gasteiger partial charge < -0.3 is 27.5 Å². The lowest BCUT2D eigenvalue weighted by Crippen LogP contribution is -2.09. The molecule has 0 fully saturated rings. The molecular weight excluding hydrogens is 789 g/mol. The number of fused-ring (bicyclic) bond motifs is 13. The summed E-state index contributed by atoms with van der Waals surface area (Å²) < 4.78 is 26.0. The minimum absolute atomic E-state index is 0.817. The Morgan fingerprint density at radius 3 is 0.906 bits per heavy atom. The second-order valence-corrected chi connectivity index (χ2v) is 16.5. The van der Waals surface area contributed by atoms with Gasteiger partial charge in [-0.15, -0.1) is 0 Å². The highest BCUT2D eigenvalue weighted by molar-refractivity contribution is 6.16. The lowest BCUT2D eigenvalue weighted by Gasteiger charge is -2.25. The second kappa shape index (κ2) is 13.4. The van der Waals surface area contributed by atoms with Gasteiger partial charge in [0.2, 0.25) is 0 Å². The third-order valence-corrected chi connectivity index (χ3v) is 12.8. The Labute approximate surface area is 364 Å². The zero-order valence-corrected chi connectivity index (χ0v) is 34.2. The number of nitrogens with zero attached hydrogens (tertiary/aromatic N) is 2. The quantitative estimate of drug-likeness (QED) is 0.166. The highest BCUT2D eigenvalue weighted by Gasteiger charge is 2.20. The second-order valence-electron chi connectivity index (χ2n) is 16.5. The van der Waals surface area contributed by atoms with Crippen molar-refractivity contribution in [2.45, 2.75) is 0 Å². The van der Waals surface area contributed by atoms with Crippen molar-refractivity contribution in [2.75, 3.05) is 9.80 Å². The van der Waals surface area contributed by atoms with Gasteiger partial charge in [0.1, 0.15) is 44.7 Å².